The van der Waals surface area contributed by atoms with E-state index in [2.05, 4.69) is 24.8 Å². The lowest BCUT2D eigenvalue weighted by molar-refractivity contribution is 0.0671. The lowest BCUT2D eigenvalue weighted by Gasteiger charge is -2.33. The molecular weight excluding hydrogens is 422 g/mol. The fraction of sp³-hybridized carbons (Fsp3) is 0.440. The summed E-state index contributed by atoms with van der Waals surface area (Å²) in [6.07, 6.45) is 2.27. The zero-order valence-electron chi connectivity index (χ0n) is 19.2. The Kier molecular flexibility index (Phi) is 6.96. The maximum Gasteiger partial charge on any atom is 0.254 e. The molecule has 6 nitrogen and oxygen atoms in total. The number of methoxy groups -OCH3 is 2. The van der Waals surface area contributed by atoms with Gasteiger partial charge in [0.1, 0.15) is 5.01 Å². The summed E-state index contributed by atoms with van der Waals surface area (Å²) in [5.74, 6) is 1.16. The summed E-state index contributed by atoms with van der Waals surface area (Å²) in [7, 11) is 3.18. The molecule has 0 spiro atoms. The van der Waals surface area contributed by atoms with Crippen LogP contribution in [-0.2, 0) is 6.54 Å². The van der Waals surface area contributed by atoms with E-state index in [9.17, 15) is 4.79 Å². The Balaban J connectivity index is 1.63. The zero-order chi connectivity index (χ0) is 22.7. The molecule has 1 amide bonds. The first kappa shape index (κ1) is 22.6. The number of benzene rings is 2. The maximum atomic E-state index is 13.7. The van der Waals surface area contributed by atoms with Gasteiger partial charge in [-0.05, 0) is 63.6 Å². The number of para-hydroxylation sites is 1. The highest BCUT2D eigenvalue weighted by molar-refractivity contribution is 7.18. The molecule has 0 saturated carbocycles. The van der Waals surface area contributed by atoms with Crippen molar-refractivity contribution in [2.75, 3.05) is 27.3 Å². The van der Waals surface area contributed by atoms with E-state index >= 15 is 0 Å². The molecule has 1 aliphatic rings. The third kappa shape index (κ3) is 4.74. The maximum absolute atomic E-state index is 13.7. The third-order valence-electron chi connectivity index (χ3n) is 6.10. The van der Waals surface area contributed by atoms with E-state index in [0.29, 0.717) is 42.2 Å². The number of hydrogen-bond acceptors (Lipinski definition) is 6. The molecular formula is C25H31N3O3S. The van der Waals surface area contributed by atoms with Gasteiger partial charge >= 0.3 is 0 Å². The van der Waals surface area contributed by atoms with Crippen molar-refractivity contribution in [1.29, 1.82) is 0 Å². The summed E-state index contributed by atoms with van der Waals surface area (Å²) < 4.78 is 11.9. The van der Waals surface area contributed by atoms with Gasteiger partial charge in [-0.2, -0.15) is 0 Å². The van der Waals surface area contributed by atoms with Crippen LogP contribution in [0.4, 0.5) is 0 Å². The highest BCUT2D eigenvalue weighted by atomic mass is 32.1. The van der Waals surface area contributed by atoms with Gasteiger partial charge < -0.3 is 14.4 Å². The van der Waals surface area contributed by atoms with Crippen LogP contribution in [0.1, 0.15) is 42.1 Å². The number of ether oxygens (including phenoxy) is 2. The van der Waals surface area contributed by atoms with Crippen molar-refractivity contribution in [2.45, 2.75) is 45.3 Å². The predicted octanol–water partition coefficient (Wildman–Crippen LogP) is 4.83. The van der Waals surface area contributed by atoms with Crippen molar-refractivity contribution in [3.63, 3.8) is 0 Å². The summed E-state index contributed by atoms with van der Waals surface area (Å²) in [5, 5.41) is 0.953. The monoisotopic (exact) mass is 453 g/mol. The molecule has 0 radical (unpaired) electrons. The van der Waals surface area contributed by atoms with Gasteiger partial charge in [0.25, 0.3) is 5.91 Å². The lowest BCUT2D eigenvalue weighted by Crippen LogP contribution is -2.45. The van der Waals surface area contributed by atoms with Crippen LogP contribution < -0.4 is 9.47 Å². The van der Waals surface area contributed by atoms with Crippen LogP contribution in [0.25, 0.3) is 10.2 Å². The average Bonchev–Trinajstić information content (AvgIpc) is 3.44. The van der Waals surface area contributed by atoms with Gasteiger partial charge in [-0.1, -0.05) is 12.1 Å². The van der Waals surface area contributed by atoms with Gasteiger partial charge in [-0.15, -0.1) is 11.3 Å². The van der Waals surface area contributed by atoms with Crippen LogP contribution >= 0.6 is 11.3 Å². The van der Waals surface area contributed by atoms with Crippen molar-refractivity contribution in [1.82, 2.24) is 14.8 Å². The molecule has 1 aliphatic heterocycles. The first-order chi connectivity index (χ1) is 15.5. The summed E-state index contributed by atoms with van der Waals surface area (Å²) >= 11 is 1.65. The molecule has 170 valence electrons. The first-order valence-electron chi connectivity index (χ1n) is 11.1. The van der Waals surface area contributed by atoms with Gasteiger partial charge in [0.15, 0.2) is 11.5 Å². The van der Waals surface area contributed by atoms with Crippen LogP contribution in [0.15, 0.2) is 42.5 Å². The van der Waals surface area contributed by atoms with E-state index < -0.39 is 0 Å². The van der Waals surface area contributed by atoms with Crippen LogP contribution in [-0.4, -0.2) is 60.1 Å². The molecule has 7 heteroatoms. The lowest BCUT2D eigenvalue weighted by atomic mass is 10.1. The van der Waals surface area contributed by atoms with Crippen LogP contribution in [0, 0.1) is 0 Å². The molecule has 4 rings (SSSR count). The number of aromatic nitrogens is 1. The molecule has 2 aromatic carbocycles. The van der Waals surface area contributed by atoms with Crippen molar-refractivity contribution in [3.8, 4) is 11.5 Å². The fourth-order valence-corrected chi connectivity index (χ4v) is 5.49. The second-order valence-electron chi connectivity index (χ2n) is 8.46. The van der Waals surface area contributed by atoms with Gasteiger partial charge in [-0.25, -0.2) is 4.98 Å². The molecule has 1 saturated heterocycles. The van der Waals surface area contributed by atoms with E-state index in [1.807, 2.05) is 29.2 Å². The number of hydrogen-bond donors (Lipinski definition) is 0. The summed E-state index contributed by atoms with van der Waals surface area (Å²) in [4.78, 5) is 22.9. The molecule has 0 N–H and O–H groups in total. The molecule has 0 unspecified atom stereocenters. The Labute approximate surface area is 193 Å². The molecule has 3 aromatic rings. The van der Waals surface area contributed by atoms with Gasteiger partial charge in [0.2, 0.25) is 0 Å². The van der Waals surface area contributed by atoms with Crippen LogP contribution in [0.3, 0.4) is 0 Å². The largest absolute Gasteiger partial charge is 0.493 e. The highest BCUT2D eigenvalue weighted by Gasteiger charge is 2.30. The van der Waals surface area contributed by atoms with E-state index in [1.165, 1.54) is 6.42 Å². The molecule has 2 heterocycles. The molecule has 1 atom stereocenters. The molecule has 0 bridgehead atoms. The molecule has 32 heavy (non-hydrogen) atoms. The van der Waals surface area contributed by atoms with Crippen molar-refractivity contribution in [3.05, 3.63) is 53.0 Å². The second kappa shape index (κ2) is 9.88. The van der Waals surface area contributed by atoms with E-state index in [-0.39, 0.29) is 5.91 Å². The third-order valence-corrected chi connectivity index (χ3v) is 7.12. The van der Waals surface area contributed by atoms with Crippen molar-refractivity contribution < 1.29 is 14.3 Å². The quantitative estimate of drug-likeness (QED) is 0.489. The van der Waals surface area contributed by atoms with Crippen molar-refractivity contribution in [2.24, 2.45) is 0 Å². The minimum absolute atomic E-state index is 0.0131. The number of thiazole rings is 1. The van der Waals surface area contributed by atoms with E-state index in [4.69, 9.17) is 14.5 Å². The average molecular weight is 454 g/mol. The predicted molar refractivity (Wildman–Crippen MR) is 129 cm³/mol. The topological polar surface area (TPSA) is 54.9 Å². The Morgan fingerprint density at radius 3 is 2.69 bits per heavy atom. The number of carbonyl (C=O) groups is 1. The Bertz CT molecular complexity index is 1050. The Morgan fingerprint density at radius 1 is 1.19 bits per heavy atom. The fourth-order valence-electron chi connectivity index (χ4n) is 4.51. The minimum Gasteiger partial charge on any atom is -0.493 e. The van der Waals surface area contributed by atoms with E-state index in [1.54, 1.807) is 37.7 Å². The van der Waals surface area contributed by atoms with Crippen LogP contribution in [0.5, 0.6) is 11.5 Å². The molecule has 1 fully saturated rings. The SMILES string of the molecule is COc1ccc(C(=O)N(Cc2nc3ccccc3s2)C[C@@H]2CCCN2C(C)C)cc1OC. The number of rotatable bonds is 8. The van der Waals surface area contributed by atoms with E-state index in [0.717, 1.165) is 28.2 Å². The summed E-state index contributed by atoms with van der Waals surface area (Å²) in [6.45, 7) is 6.72. The summed E-state index contributed by atoms with van der Waals surface area (Å²) in [6, 6.07) is 14.3. The molecule has 0 aliphatic carbocycles. The standard InChI is InChI=1S/C25H31N3O3S/c1-17(2)28-13-7-8-19(28)15-27(16-24-26-20-9-5-6-10-23(20)32-24)25(29)18-11-12-21(30-3)22(14-18)31-4/h5-6,9-12,14,17,19H,7-8,13,15-16H2,1-4H3/t19-/m0/s1. The van der Waals surface area contributed by atoms with Gasteiger partial charge in [-0.3, -0.25) is 9.69 Å². The van der Waals surface area contributed by atoms with Crippen LogP contribution in [0.2, 0.25) is 0 Å². The highest BCUT2D eigenvalue weighted by Crippen LogP contribution is 2.30. The first-order valence-corrected chi connectivity index (χ1v) is 11.9. The normalized spacial score (nSPS) is 16.6. The van der Waals surface area contributed by atoms with Gasteiger partial charge in [0.05, 0.1) is 31.0 Å². The number of nitrogens with zero attached hydrogens (tertiary/aromatic N) is 3. The number of fused-ring (bicyclic) bond motifs is 1. The molecule has 1 aromatic heterocycles. The number of likely N-dealkylation sites (tertiary alicyclic amines) is 1. The number of carbonyl (C=O) groups excluding carboxylic acids is 1. The van der Waals surface area contributed by atoms with Gasteiger partial charge in [0, 0.05) is 24.2 Å². The number of amides is 1. The Hall–Kier alpha value is -2.64. The van der Waals surface area contributed by atoms with Crippen molar-refractivity contribution >= 4 is 27.5 Å². The minimum atomic E-state index is -0.0131. The Morgan fingerprint density at radius 2 is 1.97 bits per heavy atom. The smallest absolute Gasteiger partial charge is 0.254 e. The second-order valence-corrected chi connectivity index (χ2v) is 9.57. The summed E-state index contributed by atoms with van der Waals surface area (Å²) in [5.41, 5.74) is 1.58. The zero-order valence-corrected chi connectivity index (χ0v) is 20.0.